The number of hydrogen-bond acceptors (Lipinski definition) is 6. The Morgan fingerprint density at radius 3 is 2.66 bits per heavy atom. The van der Waals surface area contributed by atoms with E-state index in [4.69, 9.17) is 30.3 Å². The van der Waals surface area contributed by atoms with Gasteiger partial charge in [-0.1, -0.05) is 22.8 Å². The lowest BCUT2D eigenvalue weighted by Gasteiger charge is -2.20. The first-order valence-electron chi connectivity index (χ1n) is 9.06. The highest BCUT2D eigenvalue weighted by atomic mass is 35.5. The lowest BCUT2D eigenvalue weighted by Crippen LogP contribution is -2.17. The van der Waals surface area contributed by atoms with Gasteiger partial charge in [0, 0.05) is 17.7 Å². The van der Waals surface area contributed by atoms with E-state index in [1.165, 1.54) is 0 Å². The zero-order chi connectivity index (χ0) is 20.4. The van der Waals surface area contributed by atoms with Crippen LogP contribution in [-0.4, -0.2) is 24.3 Å². The van der Waals surface area contributed by atoms with Crippen molar-refractivity contribution in [3.63, 3.8) is 0 Å². The molecule has 1 amide bonds. The lowest BCUT2D eigenvalue weighted by atomic mass is 10.2. The summed E-state index contributed by atoms with van der Waals surface area (Å²) in [7, 11) is 0. The molecule has 7 nitrogen and oxygen atoms in total. The summed E-state index contributed by atoms with van der Waals surface area (Å²) in [5, 5.41) is 7.08. The molecule has 8 heteroatoms. The predicted octanol–water partition coefficient (Wildman–Crippen LogP) is 4.55. The summed E-state index contributed by atoms with van der Waals surface area (Å²) in [6, 6.07) is 10.2. The molecule has 1 N–H and O–H groups in total. The second-order valence-corrected chi connectivity index (χ2v) is 6.96. The highest BCUT2D eigenvalue weighted by molar-refractivity contribution is 6.34. The Morgan fingerprint density at radius 1 is 1.17 bits per heavy atom. The van der Waals surface area contributed by atoms with Crippen molar-refractivity contribution in [2.75, 3.05) is 18.5 Å². The number of aromatic nitrogens is 1. The van der Waals surface area contributed by atoms with Crippen LogP contribution < -0.4 is 19.5 Å². The Balaban J connectivity index is 1.47. The molecule has 0 saturated carbocycles. The minimum Gasteiger partial charge on any atom is -0.489 e. The van der Waals surface area contributed by atoms with Crippen molar-refractivity contribution in [1.29, 1.82) is 0 Å². The Labute approximate surface area is 172 Å². The summed E-state index contributed by atoms with van der Waals surface area (Å²) in [6.45, 7) is 4.91. The fourth-order valence-electron chi connectivity index (χ4n) is 2.94. The quantitative estimate of drug-likeness (QED) is 0.659. The number of anilines is 1. The van der Waals surface area contributed by atoms with Crippen molar-refractivity contribution in [2.24, 2.45) is 0 Å². The standard InChI is InChI=1S/C21H19ClN2O5/c1-12-16(13(2)29-24-12)11-28-15-5-3-4-14(8-15)21(25)23-18-10-20-19(9-17(18)22)26-6-7-27-20/h3-5,8-10H,6-7,11H2,1-2H3,(H,23,25). The topological polar surface area (TPSA) is 82.8 Å². The van der Waals surface area contributed by atoms with Crippen LogP contribution in [0, 0.1) is 13.8 Å². The molecule has 0 atom stereocenters. The highest BCUT2D eigenvalue weighted by Crippen LogP contribution is 2.38. The average molecular weight is 415 g/mol. The zero-order valence-electron chi connectivity index (χ0n) is 16.0. The molecule has 1 aliphatic heterocycles. The number of hydrogen-bond donors (Lipinski definition) is 1. The first-order chi connectivity index (χ1) is 14.0. The van der Waals surface area contributed by atoms with Crippen LogP contribution >= 0.6 is 11.6 Å². The maximum atomic E-state index is 12.7. The third-order valence-electron chi connectivity index (χ3n) is 4.54. The van der Waals surface area contributed by atoms with Crippen molar-refractivity contribution in [2.45, 2.75) is 20.5 Å². The summed E-state index contributed by atoms with van der Waals surface area (Å²) >= 11 is 6.27. The fraction of sp³-hybridized carbons (Fsp3) is 0.238. The number of nitrogens with zero attached hydrogens (tertiary/aromatic N) is 1. The van der Waals surface area contributed by atoms with E-state index in [1.54, 1.807) is 36.4 Å². The molecule has 29 heavy (non-hydrogen) atoms. The van der Waals surface area contributed by atoms with Crippen LogP contribution in [0.5, 0.6) is 17.2 Å². The fourth-order valence-corrected chi connectivity index (χ4v) is 3.15. The van der Waals surface area contributed by atoms with Crippen LogP contribution in [0.25, 0.3) is 0 Å². The molecular weight excluding hydrogens is 396 g/mol. The highest BCUT2D eigenvalue weighted by Gasteiger charge is 2.17. The van der Waals surface area contributed by atoms with E-state index in [2.05, 4.69) is 10.5 Å². The number of aryl methyl sites for hydroxylation is 2. The van der Waals surface area contributed by atoms with Crippen molar-refractivity contribution < 1.29 is 23.5 Å². The predicted molar refractivity (Wildman–Crippen MR) is 107 cm³/mol. The van der Waals surface area contributed by atoms with Gasteiger partial charge in [-0.3, -0.25) is 4.79 Å². The summed E-state index contributed by atoms with van der Waals surface area (Å²) in [6.07, 6.45) is 0. The molecule has 0 unspecified atom stereocenters. The largest absolute Gasteiger partial charge is 0.489 e. The van der Waals surface area contributed by atoms with E-state index in [1.807, 2.05) is 13.8 Å². The number of nitrogens with one attached hydrogen (secondary N) is 1. The Bertz CT molecular complexity index is 1040. The molecule has 150 valence electrons. The number of ether oxygens (including phenoxy) is 3. The van der Waals surface area contributed by atoms with E-state index in [0.717, 1.165) is 11.3 Å². The molecule has 0 fully saturated rings. The minimum absolute atomic E-state index is 0.306. The van der Waals surface area contributed by atoms with Crippen molar-refractivity contribution in [3.05, 3.63) is 64.0 Å². The van der Waals surface area contributed by atoms with Gasteiger partial charge in [0.05, 0.1) is 22.0 Å². The number of rotatable bonds is 5. The third kappa shape index (κ3) is 4.14. The number of amides is 1. The van der Waals surface area contributed by atoms with Crippen molar-refractivity contribution in [3.8, 4) is 17.2 Å². The van der Waals surface area contributed by atoms with Crippen LogP contribution in [0.3, 0.4) is 0 Å². The Kier molecular flexibility index (Phi) is 5.31. The molecule has 2 aromatic carbocycles. The van der Waals surface area contributed by atoms with Crippen molar-refractivity contribution >= 4 is 23.2 Å². The lowest BCUT2D eigenvalue weighted by molar-refractivity contribution is 0.102. The van der Waals surface area contributed by atoms with Gasteiger partial charge in [-0.05, 0) is 32.0 Å². The summed E-state index contributed by atoms with van der Waals surface area (Å²) in [4.78, 5) is 12.7. The van der Waals surface area contributed by atoms with Gasteiger partial charge in [0.25, 0.3) is 5.91 Å². The van der Waals surface area contributed by atoms with Gasteiger partial charge in [-0.15, -0.1) is 0 Å². The number of benzene rings is 2. The Hall–Kier alpha value is -3.19. The first kappa shape index (κ1) is 19.1. The van der Waals surface area contributed by atoms with Crippen LogP contribution in [0.2, 0.25) is 5.02 Å². The average Bonchev–Trinajstić information content (AvgIpc) is 3.04. The smallest absolute Gasteiger partial charge is 0.255 e. The van der Waals surface area contributed by atoms with Crippen molar-refractivity contribution in [1.82, 2.24) is 5.16 Å². The molecular formula is C21H19ClN2O5. The van der Waals surface area contributed by atoms with Gasteiger partial charge in [0.2, 0.25) is 0 Å². The second kappa shape index (κ2) is 8.05. The molecule has 0 aliphatic carbocycles. The van der Waals surface area contributed by atoms with E-state index in [9.17, 15) is 4.79 Å². The maximum Gasteiger partial charge on any atom is 0.255 e. The van der Waals surface area contributed by atoms with E-state index < -0.39 is 0 Å². The van der Waals surface area contributed by atoms with Gasteiger partial charge in [0.1, 0.15) is 31.3 Å². The molecule has 2 heterocycles. The number of carbonyl (C=O) groups excluding carboxylic acids is 1. The van der Waals surface area contributed by atoms with Gasteiger partial charge in [-0.2, -0.15) is 0 Å². The molecule has 0 saturated heterocycles. The normalized spacial score (nSPS) is 12.5. The third-order valence-corrected chi connectivity index (χ3v) is 4.85. The molecule has 1 aliphatic rings. The molecule has 1 aromatic heterocycles. The monoisotopic (exact) mass is 414 g/mol. The van der Waals surface area contributed by atoms with Gasteiger partial charge < -0.3 is 24.1 Å². The molecule has 0 bridgehead atoms. The van der Waals surface area contributed by atoms with E-state index in [0.29, 0.717) is 59.1 Å². The van der Waals surface area contributed by atoms with Gasteiger partial charge in [0.15, 0.2) is 11.5 Å². The van der Waals surface area contributed by atoms with E-state index in [-0.39, 0.29) is 5.91 Å². The second-order valence-electron chi connectivity index (χ2n) is 6.55. The number of fused-ring (bicyclic) bond motifs is 1. The summed E-state index contributed by atoms with van der Waals surface area (Å²) in [5.74, 6) is 2.07. The molecule has 3 aromatic rings. The van der Waals surface area contributed by atoms with E-state index >= 15 is 0 Å². The zero-order valence-corrected chi connectivity index (χ0v) is 16.7. The number of carbonyl (C=O) groups is 1. The van der Waals surface area contributed by atoms with Gasteiger partial charge in [-0.25, -0.2) is 0 Å². The summed E-state index contributed by atoms with van der Waals surface area (Å²) < 4.78 is 22.0. The van der Waals surface area contributed by atoms with Crippen LogP contribution in [-0.2, 0) is 6.61 Å². The molecule has 4 rings (SSSR count). The van der Waals surface area contributed by atoms with Crippen LogP contribution in [0.1, 0.15) is 27.4 Å². The minimum atomic E-state index is -0.314. The number of halogens is 1. The Morgan fingerprint density at radius 2 is 1.93 bits per heavy atom. The SMILES string of the molecule is Cc1noc(C)c1COc1cccc(C(=O)Nc2cc3c(cc2Cl)OCCO3)c1. The first-order valence-corrected chi connectivity index (χ1v) is 9.44. The molecule has 0 radical (unpaired) electrons. The maximum absolute atomic E-state index is 12.7. The van der Waals surface area contributed by atoms with Gasteiger partial charge >= 0.3 is 0 Å². The summed E-state index contributed by atoms with van der Waals surface area (Å²) in [5.41, 5.74) is 2.56. The van der Waals surface area contributed by atoms with Crippen LogP contribution in [0.4, 0.5) is 5.69 Å². The van der Waals surface area contributed by atoms with Crippen LogP contribution in [0.15, 0.2) is 40.9 Å². The molecule has 0 spiro atoms.